The van der Waals surface area contributed by atoms with Crippen molar-refractivity contribution in [1.82, 2.24) is 0 Å². The van der Waals surface area contributed by atoms with Gasteiger partial charge in [0.25, 0.3) is 5.60 Å². The highest BCUT2D eigenvalue weighted by atomic mass is 19.4. The standard InChI is InChI=1S/C21H34O4.C18H27F3O4.C17H25F3O5.C15H20F6O4/c1-14(2)17(22)25-21-10-15-7-16(11-21)9-20(8-15,12-21)19(5,6)24-13-18(3,4)23;1-10(2)15(22)25-14-8-11-6-12(14)7-13(11)16(3,4)24-9-17(5,23)18(19,20)21;1-9(2)14(21)25-13-7-11-10(6-12(13)24-11)15(3,4)23-8-16(5,22)17(18,19)20;1-9(2)11(22)25-10-4-6-12(3,7-5-10)24-8-13(23,14(16,17)18)15(19,20)21/h15-16,23H,1,7-13H2,2-6H3;11-14,23H,1,6-9H2,2-5H3;10-13,22H,1,6-8H2,2-5H3;10,23H,1,4-8H2,2-3H3. The van der Waals surface area contributed by atoms with E-state index in [9.17, 15) is 87.2 Å². The van der Waals surface area contributed by atoms with E-state index in [1.54, 1.807) is 62.3 Å². The van der Waals surface area contributed by atoms with Crippen molar-refractivity contribution in [2.75, 3.05) is 26.4 Å². The number of esters is 4. The van der Waals surface area contributed by atoms with Crippen LogP contribution in [0.4, 0.5) is 52.7 Å². The lowest BCUT2D eigenvalue weighted by molar-refractivity contribution is -0.383. The highest BCUT2D eigenvalue weighted by Gasteiger charge is 2.71. The third-order valence-corrected chi connectivity index (χ3v) is 21.5. The number of fused-ring (bicyclic) bond motifs is 4. The van der Waals surface area contributed by atoms with Gasteiger partial charge < -0.3 is 63.1 Å². The van der Waals surface area contributed by atoms with Gasteiger partial charge in [-0.1, -0.05) is 26.3 Å². The third kappa shape index (κ3) is 21.0. The molecule has 12 unspecified atom stereocenters. The van der Waals surface area contributed by atoms with Crippen LogP contribution in [-0.4, -0.2) is 176 Å². The van der Waals surface area contributed by atoms with Crippen LogP contribution in [0.5, 0.6) is 0 Å². The van der Waals surface area contributed by atoms with E-state index in [4.69, 9.17) is 47.7 Å². The summed E-state index contributed by atoms with van der Waals surface area (Å²) in [5.74, 6) is -0.190. The predicted molar refractivity (Wildman–Crippen MR) is 340 cm³/mol. The van der Waals surface area contributed by atoms with Crippen LogP contribution in [0.1, 0.15) is 200 Å². The van der Waals surface area contributed by atoms with Crippen molar-refractivity contribution >= 4 is 23.9 Å². The Bertz CT molecular complexity index is 2810. The first-order valence-corrected chi connectivity index (χ1v) is 33.8. The Morgan fingerprint density at radius 3 is 1.31 bits per heavy atom. The maximum absolute atomic E-state index is 12.8. The van der Waals surface area contributed by atoms with Gasteiger partial charge in [0.1, 0.15) is 23.9 Å². The van der Waals surface area contributed by atoms with Crippen molar-refractivity contribution in [3.8, 4) is 0 Å². The molecule has 9 rings (SSSR count). The molecule has 0 aromatic carbocycles. The monoisotopic (exact) mass is 1460 g/mol. The van der Waals surface area contributed by atoms with Crippen LogP contribution in [0.2, 0.25) is 0 Å². The molecular weight excluding hydrogens is 1350 g/mol. The van der Waals surface area contributed by atoms with E-state index in [0.29, 0.717) is 61.3 Å². The Kier molecular flexibility index (Phi) is 26.4. The molecule has 12 atom stereocenters. The van der Waals surface area contributed by atoms with Crippen LogP contribution in [-0.2, 0) is 61.8 Å². The molecule has 4 N–H and O–H groups in total. The fourth-order valence-electron chi connectivity index (χ4n) is 15.3. The molecule has 2 saturated heterocycles. The highest BCUT2D eigenvalue weighted by molar-refractivity contribution is 5.88. The lowest BCUT2D eigenvalue weighted by atomic mass is 9.44. The maximum Gasteiger partial charge on any atom is 0.428 e. The van der Waals surface area contributed by atoms with Crippen LogP contribution < -0.4 is 0 Å². The Balaban J connectivity index is 0.000000240. The lowest BCUT2D eigenvalue weighted by Crippen LogP contribution is -2.64. The predicted octanol–water partition coefficient (Wildman–Crippen LogP) is 14.1. The molecule has 0 spiro atoms. The average Bonchev–Trinajstić information content (AvgIpc) is 0.980. The van der Waals surface area contributed by atoms with Crippen LogP contribution in [0.15, 0.2) is 48.6 Å². The number of ether oxygens (including phenoxy) is 9. The zero-order chi connectivity index (χ0) is 76.8. The van der Waals surface area contributed by atoms with Gasteiger partial charge in [0.2, 0.25) is 0 Å². The third-order valence-electron chi connectivity index (χ3n) is 21.5. The molecule has 7 saturated carbocycles. The smallest absolute Gasteiger partial charge is 0.428 e. The second kappa shape index (κ2) is 30.6. The first kappa shape index (κ1) is 86.3. The van der Waals surface area contributed by atoms with Gasteiger partial charge in [-0.2, -0.15) is 52.7 Å². The summed E-state index contributed by atoms with van der Waals surface area (Å²) in [6.45, 7) is 34.8. The van der Waals surface area contributed by atoms with Gasteiger partial charge in [0.05, 0.1) is 66.6 Å². The summed E-state index contributed by atoms with van der Waals surface area (Å²) in [4.78, 5) is 47.0. The Labute approximate surface area is 578 Å². The molecule has 17 nitrogen and oxygen atoms in total. The minimum absolute atomic E-state index is 0.0116. The molecule has 29 heteroatoms. The van der Waals surface area contributed by atoms with Gasteiger partial charge in [-0.15, -0.1) is 0 Å². The molecule has 9 fully saturated rings. The molecule has 576 valence electrons. The van der Waals surface area contributed by atoms with E-state index >= 15 is 0 Å². The first-order valence-electron chi connectivity index (χ1n) is 33.8. The fourth-order valence-corrected chi connectivity index (χ4v) is 15.3. The molecule has 9 aliphatic rings. The van der Waals surface area contributed by atoms with E-state index in [2.05, 4.69) is 40.2 Å². The van der Waals surface area contributed by atoms with Gasteiger partial charge in [-0.25, -0.2) is 19.2 Å². The topological polar surface area (TPSA) is 232 Å². The molecule has 0 amide bonds. The maximum atomic E-state index is 12.8. The van der Waals surface area contributed by atoms with Crippen molar-refractivity contribution in [3.05, 3.63) is 48.6 Å². The van der Waals surface area contributed by atoms with E-state index in [1.165, 1.54) is 20.3 Å². The van der Waals surface area contributed by atoms with E-state index < -0.39 is 108 Å². The number of hydrogen-bond donors (Lipinski definition) is 4. The van der Waals surface area contributed by atoms with Gasteiger partial charge >= 0.3 is 48.6 Å². The number of rotatable bonds is 23. The normalized spacial score (nSPS) is 31.5. The van der Waals surface area contributed by atoms with Crippen molar-refractivity contribution in [2.24, 2.45) is 40.9 Å². The lowest BCUT2D eigenvalue weighted by Gasteiger charge is -2.65. The number of carbonyl (C=O) groups excluding carboxylic acids is 4. The zero-order valence-corrected chi connectivity index (χ0v) is 60.2. The minimum atomic E-state index is -5.92. The second-order valence-electron chi connectivity index (χ2n) is 32.6. The van der Waals surface area contributed by atoms with Gasteiger partial charge in [0.15, 0.2) is 11.2 Å². The van der Waals surface area contributed by atoms with Crippen molar-refractivity contribution in [1.29, 1.82) is 0 Å². The Morgan fingerprint density at radius 1 is 0.480 bits per heavy atom. The summed E-state index contributed by atoms with van der Waals surface area (Å²) in [5.41, 5.74) is -14.0. The molecule has 2 heterocycles. The zero-order valence-electron chi connectivity index (χ0n) is 60.2. The number of hydrogen-bond acceptors (Lipinski definition) is 17. The first-order chi connectivity index (χ1) is 45.0. The number of alkyl halides is 12. The van der Waals surface area contributed by atoms with Gasteiger partial charge in [-0.05, 0) is 223 Å². The van der Waals surface area contributed by atoms with Crippen LogP contribution in [0.25, 0.3) is 0 Å². The second-order valence-corrected chi connectivity index (χ2v) is 32.6. The quantitative estimate of drug-likeness (QED) is 0.0322. The van der Waals surface area contributed by atoms with E-state index in [0.717, 1.165) is 51.9 Å². The number of halogens is 12. The SMILES string of the molecule is C=C(C)C(=O)OC12CC3CC(C1)CC(C(C)(C)OCC(C)(C)O)(C3)C2.C=C(C)C(=O)OC1CC2CC1CC2C(C)(C)OCC(C)(O)C(F)(F)F.C=C(C)C(=O)OC1CC2OC1CC2C(C)(C)OCC(C)(O)C(F)(F)F.C=C(C)C(=O)OC1CCC(C)(OCC(O)(C(F)(F)F)C(F)(F)F)CC1. The van der Waals surface area contributed by atoms with Crippen LogP contribution in [0.3, 0.4) is 0 Å². The summed E-state index contributed by atoms with van der Waals surface area (Å²) >= 11 is 0. The van der Waals surface area contributed by atoms with Crippen molar-refractivity contribution < 1.29 is 135 Å². The summed E-state index contributed by atoms with van der Waals surface area (Å²) in [7, 11) is 0. The van der Waals surface area contributed by atoms with Crippen LogP contribution in [0, 0.1) is 40.9 Å². The summed E-state index contributed by atoms with van der Waals surface area (Å²) < 4.78 is 202. The summed E-state index contributed by atoms with van der Waals surface area (Å²) in [6, 6.07) is 0. The summed E-state index contributed by atoms with van der Waals surface area (Å²) in [6.07, 6.45) is -12.7. The van der Waals surface area contributed by atoms with Crippen molar-refractivity contribution in [3.63, 3.8) is 0 Å². The van der Waals surface area contributed by atoms with E-state index in [-0.39, 0.29) is 102 Å². The minimum Gasteiger partial charge on any atom is -0.459 e. The molecular formula is C71H106F12O17. The molecule has 7 aliphatic carbocycles. The Hall–Kier alpha value is -4.36. The number of aliphatic hydroxyl groups is 4. The van der Waals surface area contributed by atoms with Crippen LogP contribution >= 0.6 is 0 Å². The average molecular weight is 1460 g/mol. The molecule has 2 aliphatic heterocycles. The Morgan fingerprint density at radius 2 is 0.920 bits per heavy atom. The molecule has 8 bridgehead atoms. The van der Waals surface area contributed by atoms with E-state index in [1.807, 2.05) is 0 Å². The largest absolute Gasteiger partial charge is 0.459 e. The molecule has 100 heavy (non-hydrogen) atoms. The molecule has 0 radical (unpaired) electrons. The molecule has 0 aromatic rings. The van der Waals surface area contributed by atoms with Gasteiger partial charge in [0, 0.05) is 40.0 Å². The summed E-state index contributed by atoms with van der Waals surface area (Å²) in [5, 5.41) is 38.3. The highest BCUT2D eigenvalue weighted by Crippen LogP contribution is 2.67. The number of carbonyl (C=O) groups is 4. The molecule has 0 aromatic heterocycles. The fraction of sp³-hybridized carbons (Fsp3) is 0.831. The van der Waals surface area contributed by atoms with Gasteiger partial charge in [-0.3, -0.25) is 0 Å². The van der Waals surface area contributed by atoms with Crippen molar-refractivity contribution in [2.45, 2.75) is 306 Å².